The molecule has 0 saturated carbocycles. The number of esters is 1. The van der Waals surface area contributed by atoms with Gasteiger partial charge >= 0.3 is 5.97 Å². The summed E-state index contributed by atoms with van der Waals surface area (Å²) in [7, 11) is 0. The van der Waals surface area contributed by atoms with Crippen LogP contribution in [0.2, 0.25) is 0 Å². The maximum atomic E-state index is 13.3. The van der Waals surface area contributed by atoms with E-state index in [0.29, 0.717) is 20.6 Å². The molecule has 1 atom stereocenters. The van der Waals surface area contributed by atoms with Crippen LogP contribution in [0.25, 0.3) is 12.2 Å². The Kier molecular flexibility index (Phi) is 5.92. The quantitative estimate of drug-likeness (QED) is 0.575. The predicted octanol–water partition coefficient (Wildman–Crippen LogP) is 3.52. The van der Waals surface area contributed by atoms with Crippen molar-refractivity contribution in [1.82, 2.24) is 4.57 Å². The fourth-order valence-corrected chi connectivity index (χ4v) is 5.15. The molecule has 0 fully saturated rings. The van der Waals surface area contributed by atoms with Gasteiger partial charge < -0.3 is 4.74 Å². The minimum Gasteiger partial charge on any atom is -0.463 e. The van der Waals surface area contributed by atoms with Gasteiger partial charge in [-0.25, -0.2) is 9.79 Å². The van der Waals surface area contributed by atoms with Gasteiger partial charge in [0.15, 0.2) is 4.80 Å². The molecule has 0 saturated heterocycles. The van der Waals surface area contributed by atoms with Gasteiger partial charge in [0.05, 0.1) is 22.4 Å². The molecule has 1 aliphatic heterocycles. The minimum absolute atomic E-state index is 0.163. The fraction of sp³-hybridized carbons (Fsp3) is 0.174. The molecular weight excluding hydrogens is 416 g/mol. The molecule has 1 aromatic carbocycles. The first kappa shape index (κ1) is 20.3. The average molecular weight is 437 g/mol. The molecule has 0 aliphatic carbocycles. The van der Waals surface area contributed by atoms with Crippen molar-refractivity contribution in [2.24, 2.45) is 4.99 Å². The maximum absolute atomic E-state index is 13.3. The fourth-order valence-electron chi connectivity index (χ4n) is 3.33. The summed E-state index contributed by atoms with van der Waals surface area (Å²) in [5.74, 6) is -0.435. The van der Waals surface area contributed by atoms with E-state index in [9.17, 15) is 9.59 Å². The first-order valence-corrected chi connectivity index (χ1v) is 11.2. The summed E-state index contributed by atoms with van der Waals surface area (Å²) >= 11 is 2.83. The van der Waals surface area contributed by atoms with Crippen LogP contribution in [0.15, 0.2) is 75.0 Å². The van der Waals surface area contributed by atoms with Crippen molar-refractivity contribution in [3.63, 3.8) is 0 Å². The highest BCUT2D eigenvalue weighted by Crippen LogP contribution is 2.33. The van der Waals surface area contributed by atoms with Crippen molar-refractivity contribution in [1.29, 1.82) is 0 Å². The molecule has 1 aliphatic rings. The van der Waals surface area contributed by atoms with Crippen LogP contribution < -0.4 is 14.9 Å². The van der Waals surface area contributed by atoms with Gasteiger partial charge in [-0.2, -0.15) is 0 Å². The summed E-state index contributed by atoms with van der Waals surface area (Å²) in [4.78, 5) is 32.0. The van der Waals surface area contributed by atoms with E-state index >= 15 is 0 Å². The number of hydrogen-bond donors (Lipinski definition) is 0. The number of thiophene rings is 1. The van der Waals surface area contributed by atoms with Crippen LogP contribution >= 0.6 is 22.7 Å². The molecule has 5 nitrogen and oxygen atoms in total. The van der Waals surface area contributed by atoms with E-state index in [1.165, 1.54) is 22.7 Å². The summed E-state index contributed by atoms with van der Waals surface area (Å²) in [5.41, 5.74) is 1.89. The average Bonchev–Trinajstić information content (AvgIpc) is 3.37. The van der Waals surface area contributed by atoms with Crippen molar-refractivity contribution in [3.05, 3.63) is 95.3 Å². The smallest absolute Gasteiger partial charge is 0.338 e. The first-order chi connectivity index (χ1) is 14.6. The highest BCUT2D eigenvalue weighted by Gasteiger charge is 2.33. The Bertz CT molecular complexity index is 1300. The number of fused-ring (bicyclic) bond motifs is 1. The number of benzene rings is 1. The lowest BCUT2D eigenvalue weighted by Gasteiger charge is -2.23. The van der Waals surface area contributed by atoms with Crippen molar-refractivity contribution >= 4 is 40.8 Å². The standard InChI is InChI=1S/C23H20N2O3S2/c1-3-28-22(27)19-15(2)24-23-25(20(19)17-13-8-14-29-17)21(26)18(30-23)12-7-11-16-9-5-4-6-10-16/h4-14,20H,3H2,1-2H3/b11-7+,18-12-/t20-/m0/s1. The number of aromatic nitrogens is 1. The Balaban J connectivity index is 1.83. The van der Waals surface area contributed by atoms with Crippen molar-refractivity contribution < 1.29 is 9.53 Å². The Morgan fingerprint density at radius 3 is 2.73 bits per heavy atom. The molecular formula is C23H20N2O3S2. The topological polar surface area (TPSA) is 60.7 Å². The van der Waals surface area contributed by atoms with Gasteiger partial charge in [-0.1, -0.05) is 59.9 Å². The lowest BCUT2D eigenvalue weighted by Crippen LogP contribution is -2.39. The summed E-state index contributed by atoms with van der Waals surface area (Å²) in [6, 6.07) is 13.2. The van der Waals surface area contributed by atoms with Crippen LogP contribution in [-0.4, -0.2) is 17.1 Å². The second-order valence-corrected chi connectivity index (χ2v) is 8.60. The molecule has 30 heavy (non-hydrogen) atoms. The molecule has 0 N–H and O–H groups in total. The highest BCUT2D eigenvalue weighted by molar-refractivity contribution is 7.10. The molecule has 7 heteroatoms. The number of allylic oxidation sites excluding steroid dienone is 2. The number of ether oxygens (including phenoxy) is 1. The number of carbonyl (C=O) groups excluding carboxylic acids is 1. The lowest BCUT2D eigenvalue weighted by atomic mass is 10.0. The molecule has 0 spiro atoms. The predicted molar refractivity (Wildman–Crippen MR) is 121 cm³/mol. The van der Waals surface area contributed by atoms with Crippen LogP contribution in [0.1, 0.15) is 30.3 Å². The van der Waals surface area contributed by atoms with E-state index in [0.717, 1.165) is 10.4 Å². The third kappa shape index (κ3) is 3.86. The normalized spacial score (nSPS) is 16.6. The van der Waals surface area contributed by atoms with Crippen LogP contribution in [-0.2, 0) is 9.53 Å². The Hall–Kier alpha value is -3.03. The van der Waals surface area contributed by atoms with Crippen LogP contribution in [0, 0.1) is 0 Å². The molecule has 3 heterocycles. The van der Waals surface area contributed by atoms with E-state index in [4.69, 9.17) is 4.74 Å². The van der Waals surface area contributed by atoms with E-state index in [1.807, 2.05) is 60.0 Å². The highest BCUT2D eigenvalue weighted by atomic mass is 32.1. The molecule has 2 aromatic heterocycles. The zero-order chi connectivity index (χ0) is 21.1. The second-order valence-electron chi connectivity index (χ2n) is 6.61. The third-order valence-electron chi connectivity index (χ3n) is 4.67. The first-order valence-electron chi connectivity index (χ1n) is 9.55. The van der Waals surface area contributed by atoms with E-state index in [-0.39, 0.29) is 12.2 Å². The van der Waals surface area contributed by atoms with Crippen LogP contribution in [0.4, 0.5) is 0 Å². The number of carbonyl (C=O) groups is 1. The largest absolute Gasteiger partial charge is 0.463 e. The molecule has 0 radical (unpaired) electrons. The molecule has 0 amide bonds. The van der Waals surface area contributed by atoms with Gasteiger partial charge in [-0.15, -0.1) is 11.3 Å². The maximum Gasteiger partial charge on any atom is 0.338 e. The molecule has 0 bridgehead atoms. The Labute approximate surface area is 181 Å². The molecule has 152 valence electrons. The molecule has 3 aromatic rings. The van der Waals surface area contributed by atoms with Gasteiger partial charge in [0.1, 0.15) is 6.04 Å². The minimum atomic E-state index is -0.527. The monoisotopic (exact) mass is 436 g/mol. The van der Waals surface area contributed by atoms with Crippen LogP contribution in [0.3, 0.4) is 0 Å². The van der Waals surface area contributed by atoms with Gasteiger partial charge in [-0.3, -0.25) is 9.36 Å². The van der Waals surface area contributed by atoms with E-state index < -0.39 is 12.0 Å². The zero-order valence-electron chi connectivity index (χ0n) is 16.6. The summed E-state index contributed by atoms with van der Waals surface area (Å²) in [6.07, 6.45) is 5.61. The Morgan fingerprint density at radius 2 is 2.03 bits per heavy atom. The van der Waals surface area contributed by atoms with E-state index in [2.05, 4.69) is 4.99 Å². The summed E-state index contributed by atoms with van der Waals surface area (Å²) < 4.78 is 7.45. The van der Waals surface area contributed by atoms with Crippen molar-refractivity contribution in [2.75, 3.05) is 6.61 Å². The molecule has 4 rings (SSSR count). The van der Waals surface area contributed by atoms with E-state index in [1.54, 1.807) is 24.5 Å². The summed E-state index contributed by atoms with van der Waals surface area (Å²) in [6.45, 7) is 3.82. The zero-order valence-corrected chi connectivity index (χ0v) is 18.2. The van der Waals surface area contributed by atoms with Gasteiger partial charge in [0, 0.05) is 4.88 Å². The second kappa shape index (κ2) is 8.77. The number of nitrogens with zero attached hydrogens (tertiary/aromatic N) is 2. The summed E-state index contributed by atoms with van der Waals surface area (Å²) in [5, 5.41) is 1.94. The number of hydrogen-bond acceptors (Lipinski definition) is 6. The van der Waals surface area contributed by atoms with Gasteiger partial charge in [0.25, 0.3) is 5.56 Å². The van der Waals surface area contributed by atoms with Crippen LogP contribution in [0.5, 0.6) is 0 Å². The number of thiazole rings is 1. The Morgan fingerprint density at radius 1 is 1.23 bits per heavy atom. The van der Waals surface area contributed by atoms with Gasteiger partial charge in [-0.05, 0) is 36.9 Å². The SMILES string of the molecule is CCOC(=O)C1=C(C)N=c2s/c(=C\C=C\c3ccccc3)c(=O)n2[C@H]1c1cccs1. The van der Waals surface area contributed by atoms with Gasteiger partial charge in [0.2, 0.25) is 0 Å². The lowest BCUT2D eigenvalue weighted by molar-refractivity contribution is -0.139. The number of rotatable bonds is 5. The van der Waals surface area contributed by atoms with Crippen molar-refractivity contribution in [3.8, 4) is 0 Å². The third-order valence-corrected chi connectivity index (χ3v) is 6.59. The van der Waals surface area contributed by atoms with Crippen molar-refractivity contribution in [2.45, 2.75) is 19.9 Å². The molecule has 0 unspecified atom stereocenters.